The van der Waals surface area contributed by atoms with Gasteiger partial charge in [0, 0.05) is 67.8 Å². The van der Waals surface area contributed by atoms with E-state index in [4.69, 9.17) is 0 Å². The molecule has 3 heteroatoms. The fraction of sp³-hybridized carbons (Fsp3) is 0.0588. The lowest BCUT2D eigenvalue weighted by atomic mass is 9.82. The van der Waals surface area contributed by atoms with Crippen LogP contribution in [0.2, 0.25) is 0 Å². The van der Waals surface area contributed by atoms with Gasteiger partial charge < -0.3 is 4.57 Å². The maximum Gasteiger partial charge on any atom is 0.0541 e. The van der Waals surface area contributed by atoms with Crippen LogP contribution in [0.1, 0.15) is 25.0 Å². The smallest absolute Gasteiger partial charge is 0.0541 e. The van der Waals surface area contributed by atoms with Crippen LogP contribution in [0, 0.1) is 0 Å². The lowest BCUT2D eigenvalue weighted by Crippen LogP contribution is -2.14. The zero-order valence-corrected chi connectivity index (χ0v) is 31.5. The summed E-state index contributed by atoms with van der Waals surface area (Å²) in [5.41, 5.74) is 14.3. The number of fused-ring (bicyclic) bond motifs is 13. The fourth-order valence-corrected chi connectivity index (χ4v) is 12.1. The maximum atomic E-state index is 2.45. The summed E-state index contributed by atoms with van der Waals surface area (Å²) in [5, 5.41) is 7.90. The summed E-state index contributed by atoms with van der Waals surface area (Å²) in [4.78, 5) is 0. The highest BCUT2D eigenvalue weighted by molar-refractivity contribution is 7.27. The number of benzene rings is 8. The third-order valence-electron chi connectivity index (χ3n) is 12.0. The third-order valence-corrected chi connectivity index (χ3v) is 14.5. The van der Waals surface area contributed by atoms with Crippen molar-refractivity contribution in [3.05, 3.63) is 175 Å². The predicted molar refractivity (Wildman–Crippen MR) is 235 cm³/mol. The first kappa shape index (κ1) is 30.5. The molecule has 1 aliphatic carbocycles. The summed E-state index contributed by atoms with van der Waals surface area (Å²) in [6.07, 6.45) is 0. The van der Waals surface area contributed by atoms with Gasteiger partial charge in [-0.3, -0.25) is 0 Å². The highest BCUT2D eigenvalue weighted by atomic mass is 32.1. The number of hydrogen-bond donors (Lipinski definition) is 0. The summed E-state index contributed by atoms with van der Waals surface area (Å²) in [6.45, 7) is 4.74. The summed E-state index contributed by atoms with van der Waals surface area (Å²) >= 11 is 3.85. The summed E-state index contributed by atoms with van der Waals surface area (Å²) in [7, 11) is 0. The Bertz CT molecular complexity index is 3370. The number of hydrogen-bond acceptors (Lipinski definition) is 2. The SMILES string of the molecule is CC1(C)c2ccccc2-c2c1ccc1c2sc2c(-c3cccc(-n4c5ccccc5c5cc(-c6cccc7c6sc6ccccc67)ccc54)c3)cccc21. The molecule has 1 nitrogen and oxygen atoms in total. The Kier molecular flexibility index (Phi) is 6.22. The van der Waals surface area contributed by atoms with E-state index in [0.29, 0.717) is 0 Å². The maximum absolute atomic E-state index is 2.45. The van der Waals surface area contributed by atoms with Crippen molar-refractivity contribution in [3.63, 3.8) is 0 Å². The van der Waals surface area contributed by atoms with Crippen molar-refractivity contribution in [3.8, 4) is 39.1 Å². The Morgan fingerprint density at radius 3 is 1.91 bits per heavy atom. The largest absolute Gasteiger partial charge is 0.309 e. The van der Waals surface area contributed by atoms with Crippen molar-refractivity contribution < 1.29 is 0 Å². The van der Waals surface area contributed by atoms with Gasteiger partial charge in [0.2, 0.25) is 0 Å². The van der Waals surface area contributed by atoms with E-state index < -0.39 is 0 Å². The van der Waals surface area contributed by atoms with E-state index in [1.54, 1.807) is 0 Å². The topological polar surface area (TPSA) is 4.93 Å². The second-order valence-corrected chi connectivity index (χ2v) is 17.3. The van der Waals surface area contributed by atoms with Crippen molar-refractivity contribution >= 4 is 84.8 Å². The normalized spacial score (nSPS) is 13.5. The lowest BCUT2D eigenvalue weighted by Gasteiger charge is -2.21. The van der Waals surface area contributed by atoms with Crippen LogP contribution in [-0.2, 0) is 5.41 Å². The van der Waals surface area contributed by atoms with Gasteiger partial charge >= 0.3 is 0 Å². The van der Waals surface area contributed by atoms with Crippen LogP contribution in [-0.4, -0.2) is 4.57 Å². The predicted octanol–water partition coefficient (Wildman–Crippen LogP) is 15.2. The van der Waals surface area contributed by atoms with Gasteiger partial charge in [0.25, 0.3) is 0 Å². The van der Waals surface area contributed by atoms with Crippen molar-refractivity contribution in [2.24, 2.45) is 0 Å². The molecular formula is C51H33NS2. The Balaban J connectivity index is 1.03. The van der Waals surface area contributed by atoms with Crippen LogP contribution in [0.3, 0.4) is 0 Å². The first-order valence-electron chi connectivity index (χ1n) is 18.7. The minimum absolute atomic E-state index is 0.0114. The quantitative estimate of drug-likeness (QED) is 0.171. The van der Waals surface area contributed by atoms with Crippen LogP contribution in [0.5, 0.6) is 0 Å². The molecule has 12 rings (SSSR count). The molecule has 54 heavy (non-hydrogen) atoms. The van der Waals surface area contributed by atoms with Gasteiger partial charge in [0.15, 0.2) is 0 Å². The summed E-state index contributed by atoms with van der Waals surface area (Å²) < 4.78 is 7.88. The minimum Gasteiger partial charge on any atom is -0.309 e. The van der Waals surface area contributed by atoms with E-state index >= 15 is 0 Å². The second kappa shape index (κ2) is 11.0. The molecule has 8 aromatic carbocycles. The van der Waals surface area contributed by atoms with Gasteiger partial charge in [0.1, 0.15) is 0 Å². The average Bonchev–Trinajstić information content (AvgIpc) is 3.94. The van der Waals surface area contributed by atoms with E-state index in [1.807, 2.05) is 22.7 Å². The van der Waals surface area contributed by atoms with Gasteiger partial charge in [-0.15, -0.1) is 22.7 Å². The van der Waals surface area contributed by atoms with E-state index in [-0.39, 0.29) is 5.41 Å². The first-order valence-corrected chi connectivity index (χ1v) is 20.3. The third kappa shape index (κ3) is 4.09. The van der Waals surface area contributed by atoms with Crippen molar-refractivity contribution in [1.82, 2.24) is 4.57 Å². The van der Waals surface area contributed by atoms with Gasteiger partial charge in [-0.25, -0.2) is 0 Å². The van der Waals surface area contributed by atoms with Crippen LogP contribution >= 0.6 is 22.7 Å². The van der Waals surface area contributed by atoms with Crippen molar-refractivity contribution in [2.45, 2.75) is 19.3 Å². The zero-order chi connectivity index (χ0) is 35.7. The molecule has 0 atom stereocenters. The van der Waals surface area contributed by atoms with E-state index in [0.717, 1.165) is 0 Å². The van der Waals surface area contributed by atoms with Gasteiger partial charge in [-0.1, -0.05) is 141 Å². The molecule has 0 aliphatic heterocycles. The molecule has 0 radical (unpaired) electrons. The van der Waals surface area contributed by atoms with Crippen LogP contribution in [0.4, 0.5) is 0 Å². The molecule has 3 aromatic heterocycles. The molecule has 0 fully saturated rings. The number of aromatic nitrogens is 1. The molecule has 0 saturated heterocycles. The lowest BCUT2D eigenvalue weighted by molar-refractivity contribution is 0.661. The van der Waals surface area contributed by atoms with Gasteiger partial charge in [-0.05, 0) is 75.3 Å². The summed E-state index contributed by atoms with van der Waals surface area (Å²) in [6, 6.07) is 61.2. The molecule has 0 N–H and O–H groups in total. The molecule has 3 heterocycles. The number of nitrogens with zero attached hydrogens (tertiary/aromatic N) is 1. The standard InChI is InChI=1S/C51H33NS2/c1-51(2)42-21-6-3-16-40(42)47-43(51)26-25-39-38-20-11-17-33(49(38)54-50(39)47)30-12-9-13-32(28-30)52-44-22-7-4-14-35(44)41-29-31(24-27-45(41)52)34-18-10-19-37-36-15-5-8-23-46(36)53-48(34)37/h3-29H,1-2H3. The highest BCUT2D eigenvalue weighted by Gasteiger charge is 2.36. The second-order valence-electron chi connectivity index (χ2n) is 15.2. The number of thiophene rings is 2. The molecule has 1 aliphatic rings. The molecule has 254 valence electrons. The number of para-hydroxylation sites is 1. The van der Waals surface area contributed by atoms with E-state index in [2.05, 4.69) is 182 Å². The molecule has 0 amide bonds. The van der Waals surface area contributed by atoms with Crippen molar-refractivity contribution in [1.29, 1.82) is 0 Å². The Hall–Kier alpha value is -6.00. The molecule has 0 unspecified atom stereocenters. The van der Waals surface area contributed by atoms with Crippen molar-refractivity contribution in [2.75, 3.05) is 0 Å². The van der Waals surface area contributed by atoms with Crippen LogP contribution in [0.15, 0.2) is 164 Å². The van der Waals surface area contributed by atoms with E-state index in [1.165, 1.54) is 112 Å². The van der Waals surface area contributed by atoms with Crippen LogP contribution < -0.4 is 0 Å². The van der Waals surface area contributed by atoms with Crippen LogP contribution in [0.25, 0.3) is 101 Å². The highest BCUT2D eigenvalue weighted by Crippen LogP contribution is 2.54. The Labute approximate surface area is 321 Å². The Morgan fingerprint density at radius 2 is 1.04 bits per heavy atom. The van der Waals surface area contributed by atoms with E-state index in [9.17, 15) is 0 Å². The number of rotatable bonds is 3. The molecule has 0 saturated carbocycles. The Morgan fingerprint density at radius 1 is 0.407 bits per heavy atom. The first-order chi connectivity index (χ1) is 26.5. The fourth-order valence-electron chi connectivity index (χ4n) is 9.47. The monoisotopic (exact) mass is 723 g/mol. The molecule has 0 spiro atoms. The van der Waals surface area contributed by atoms with Gasteiger partial charge in [0.05, 0.1) is 11.0 Å². The summed E-state index contributed by atoms with van der Waals surface area (Å²) in [5.74, 6) is 0. The molecular weight excluding hydrogens is 691 g/mol. The molecule has 11 aromatic rings. The minimum atomic E-state index is -0.0114. The van der Waals surface area contributed by atoms with Gasteiger partial charge in [-0.2, -0.15) is 0 Å². The zero-order valence-electron chi connectivity index (χ0n) is 29.9. The average molecular weight is 724 g/mol. The molecule has 0 bridgehead atoms.